The van der Waals surface area contributed by atoms with Gasteiger partial charge in [0.15, 0.2) is 5.82 Å². The largest absolute Gasteiger partial charge is 0.481 e. The summed E-state index contributed by atoms with van der Waals surface area (Å²) in [6, 6.07) is 2.88. The van der Waals surface area contributed by atoms with Crippen LogP contribution >= 0.6 is 11.6 Å². The zero-order valence-electron chi connectivity index (χ0n) is 11.3. The highest BCUT2D eigenvalue weighted by molar-refractivity contribution is 7.89. The Labute approximate surface area is 127 Å². The van der Waals surface area contributed by atoms with E-state index in [-0.39, 0.29) is 5.02 Å². The van der Waals surface area contributed by atoms with E-state index in [0.29, 0.717) is 19.3 Å². The Balaban J connectivity index is 2.34. The number of halogens is 2. The molecule has 1 aliphatic rings. The van der Waals surface area contributed by atoms with Crippen LogP contribution in [0, 0.1) is 11.2 Å². The fourth-order valence-electron chi connectivity index (χ4n) is 2.55. The van der Waals surface area contributed by atoms with Gasteiger partial charge in [-0.3, -0.25) is 4.79 Å². The fourth-order valence-corrected chi connectivity index (χ4v) is 4.27. The zero-order valence-corrected chi connectivity index (χ0v) is 12.8. The molecular formula is C13H15ClFNO4S. The molecular weight excluding hydrogens is 321 g/mol. The summed E-state index contributed by atoms with van der Waals surface area (Å²) in [5.74, 6) is -2.11. The molecule has 1 aromatic rings. The maximum atomic E-state index is 13.9. The van der Waals surface area contributed by atoms with Gasteiger partial charge < -0.3 is 5.11 Å². The maximum absolute atomic E-state index is 13.9. The molecule has 0 heterocycles. The molecule has 0 bridgehead atoms. The van der Waals surface area contributed by atoms with Gasteiger partial charge in [0.05, 0.1) is 10.4 Å². The molecule has 0 radical (unpaired) electrons. The molecule has 1 fully saturated rings. The molecule has 8 heteroatoms. The Kier molecular flexibility index (Phi) is 4.28. The van der Waals surface area contributed by atoms with Crippen LogP contribution < -0.4 is 4.72 Å². The quantitative estimate of drug-likeness (QED) is 0.885. The predicted molar refractivity (Wildman–Crippen MR) is 75.1 cm³/mol. The molecule has 1 aliphatic carbocycles. The molecule has 5 nitrogen and oxygen atoms in total. The molecule has 0 aliphatic heterocycles. The number of carbonyl (C=O) groups is 1. The van der Waals surface area contributed by atoms with Crippen molar-refractivity contribution in [3.8, 4) is 0 Å². The Bertz CT molecular complexity index is 679. The molecule has 2 unspecified atom stereocenters. The molecule has 116 valence electrons. The van der Waals surface area contributed by atoms with Crippen molar-refractivity contribution in [1.29, 1.82) is 0 Å². The Hall–Kier alpha value is -1.18. The van der Waals surface area contributed by atoms with Gasteiger partial charge in [0.25, 0.3) is 0 Å². The molecule has 0 spiro atoms. The zero-order chi connectivity index (χ0) is 15.8. The monoisotopic (exact) mass is 335 g/mol. The lowest BCUT2D eigenvalue weighted by Gasteiger charge is -2.27. The Morgan fingerprint density at radius 3 is 2.81 bits per heavy atom. The van der Waals surface area contributed by atoms with E-state index in [9.17, 15) is 22.7 Å². The predicted octanol–water partition coefficient (Wildman–Crippen LogP) is 2.40. The summed E-state index contributed by atoms with van der Waals surface area (Å²) in [6.07, 6.45) is 1.35. The van der Waals surface area contributed by atoms with Crippen LogP contribution in [0.15, 0.2) is 23.1 Å². The minimum atomic E-state index is -4.17. The first-order valence-electron chi connectivity index (χ1n) is 6.38. The van der Waals surface area contributed by atoms with Crippen LogP contribution in [0.1, 0.15) is 26.2 Å². The first-order valence-corrected chi connectivity index (χ1v) is 8.24. The Morgan fingerprint density at radius 2 is 2.19 bits per heavy atom. The first kappa shape index (κ1) is 16.2. The van der Waals surface area contributed by atoms with Gasteiger partial charge in [0.2, 0.25) is 10.0 Å². The van der Waals surface area contributed by atoms with Crippen LogP contribution in [0.2, 0.25) is 5.02 Å². The third-order valence-electron chi connectivity index (χ3n) is 3.95. The molecule has 1 saturated carbocycles. The van der Waals surface area contributed by atoms with Crippen molar-refractivity contribution in [3.63, 3.8) is 0 Å². The first-order chi connectivity index (χ1) is 9.68. The number of hydrogen-bond acceptors (Lipinski definition) is 3. The van der Waals surface area contributed by atoms with E-state index in [0.717, 1.165) is 6.07 Å². The summed E-state index contributed by atoms with van der Waals surface area (Å²) in [4.78, 5) is 10.8. The highest BCUT2D eigenvalue weighted by atomic mass is 35.5. The van der Waals surface area contributed by atoms with Crippen molar-refractivity contribution in [2.24, 2.45) is 5.41 Å². The van der Waals surface area contributed by atoms with E-state index in [1.807, 2.05) is 0 Å². The number of aliphatic carboxylic acids is 1. The van der Waals surface area contributed by atoms with E-state index >= 15 is 0 Å². The second-order valence-corrected chi connectivity index (χ2v) is 7.43. The molecule has 21 heavy (non-hydrogen) atoms. The summed E-state index contributed by atoms with van der Waals surface area (Å²) in [7, 11) is -4.17. The number of sulfonamides is 1. The average molecular weight is 336 g/mol. The van der Waals surface area contributed by atoms with E-state index < -0.39 is 38.2 Å². The molecule has 2 rings (SSSR count). The fraction of sp³-hybridized carbons (Fsp3) is 0.462. The maximum Gasteiger partial charge on any atom is 0.310 e. The van der Waals surface area contributed by atoms with Crippen molar-refractivity contribution in [1.82, 2.24) is 4.72 Å². The van der Waals surface area contributed by atoms with Crippen LogP contribution in [0.25, 0.3) is 0 Å². The van der Waals surface area contributed by atoms with E-state index in [1.165, 1.54) is 19.1 Å². The summed E-state index contributed by atoms with van der Waals surface area (Å²) in [6.45, 7) is 1.49. The number of rotatable bonds is 4. The van der Waals surface area contributed by atoms with Crippen molar-refractivity contribution in [2.75, 3.05) is 0 Å². The minimum absolute atomic E-state index is 0.301. The lowest BCUT2D eigenvalue weighted by Crippen LogP contribution is -2.47. The third-order valence-corrected chi connectivity index (χ3v) is 5.73. The van der Waals surface area contributed by atoms with Crippen molar-refractivity contribution >= 4 is 27.6 Å². The topological polar surface area (TPSA) is 83.5 Å². The van der Waals surface area contributed by atoms with E-state index in [4.69, 9.17) is 11.6 Å². The number of benzene rings is 1. The van der Waals surface area contributed by atoms with Crippen molar-refractivity contribution in [2.45, 2.75) is 37.1 Å². The van der Waals surface area contributed by atoms with Crippen molar-refractivity contribution in [3.05, 3.63) is 29.0 Å². The SMILES string of the molecule is CC1(C(=O)O)CCCC1NS(=O)(=O)c1cccc(Cl)c1F. The third kappa shape index (κ3) is 2.90. The van der Waals surface area contributed by atoms with Gasteiger partial charge in [-0.15, -0.1) is 0 Å². The van der Waals surface area contributed by atoms with Crippen LogP contribution in [0.4, 0.5) is 4.39 Å². The van der Waals surface area contributed by atoms with Gasteiger partial charge in [-0.2, -0.15) is 0 Å². The second kappa shape index (κ2) is 5.55. The average Bonchev–Trinajstić information content (AvgIpc) is 2.75. The Morgan fingerprint density at radius 1 is 1.52 bits per heavy atom. The molecule has 1 aromatic carbocycles. The number of nitrogens with one attached hydrogen (secondary N) is 1. The summed E-state index contributed by atoms with van der Waals surface area (Å²) >= 11 is 5.58. The van der Waals surface area contributed by atoms with Crippen LogP contribution in [0.5, 0.6) is 0 Å². The van der Waals surface area contributed by atoms with Gasteiger partial charge in [-0.1, -0.05) is 24.1 Å². The molecule has 0 saturated heterocycles. The molecule has 0 amide bonds. The van der Waals surface area contributed by atoms with Gasteiger partial charge in [0.1, 0.15) is 4.90 Å². The van der Waals surface area contributed by atoms with Crippen LogP contribution in [-0.4, -0.2) is 25.5 Å². The summed E-state index contributed by atoms with van der Waals surface area (Å²) in [5, 5.41) is 8.98. The normalized spacial score (nSPS) is 26.0. The number of carboxylic acids is 1. The standard InChI is InChI=1S/C13H15ClFNO4S/c1-13(12(17)18)7-3-6-10(13)16-21(19,20)9-5-2-4-8(14)11(9)15/h2,4-5,10,16H,3,6-7H2,1H3,(H,17,18). The lowest BCUT2D eigenvalue weighted by atomic mass is 9.85. The summed E-state index contributed by atoms with van der Waals surface area (Å²) in [5.41, 5.74) is -1.19. The van der Waals surface area contributed by atoms with Crippen LogP contribution in [0.3, 0.4) is 0 Å². The van der Waals surface area contributed by atoms with Gasteiger partial charge in [-0.05, 0) is 31.9 Å². The second-order valence-electron chi connectivity index (χ2n) is 5.34. The smallest absolute Gasteiger partial charge is 0.310 e. The van der Waals surface area contributed by atoms with Gasteiger partial charge >= 0.3 is 5.97 Å². The number of carboxylic acid groups (broad SMARTS) is 1. The molecule has 0 aromatic heterocycles. The van der Waals surface area contributed by atoms with E-state index in [2.05, 4.69) is 4.72 Å². The highest BCUT2D eigenvalue weighted by Gasteiger charge is 2.47. The minimum Gasteiger partial charge on any atom is -0.481 e. The van der Waals surface area contributed by atoms with Gasteiger partial charge in [0, 0.05) is 6.04 Å². The van der Waals surface area contributed by atoms with Crippen molar-refractivity contribution < 1.29 is 22.7 Å². The highest BCUT2D eigenvalue weighted by Crippen LogP contribution is 2.39. The molecule has 2 atom stereocenters. The lowest BCUT2D eigenvalue weighted by molar-refractivity contribution is -0.148. The van der Waals surface area contributed by atoms with E-state index in [1.54, 1.807) is 0 Å². The van der Waals surface area contributed by atoms with Crippen LogP contribution in [-0.2, 0) is 14.8 Å². The molecule has 2 N–H and O–H groups in total. The summed E-state index contributed by atoms with van der Waals surface area (Å²) < 4.78 is 40.7. The number of hydrogen-bond donors (Lipinski definition) is 2. The van der Waals surface area contributed by atoms with Gasteiger partial charge in [-0.25, -0.2) is 17.5 Å².